The number of carbonyl (C=O) groups excluding carboxylic acids is 1. The van der Waals surface area contributed by atoms with Crippen molar-refractivity contribution in [3.05, 3.63) is 106 Å². The first-order valence-corrected chi connectivity index (χ1v) is 11.4. The zero-order valence-corrected chi connectivity index (χ0v) is 19.5. The molecule has 0 aliphatic carbocycles. The van der Waals surface area contributed by atoms with E-state index in [4.69, 9.17) is 0 Å². The van der Waals surface area contributed by atoms with E-state index in [1.807, 2.05) is 62.4 Å². The summed E-state index contributed by atoms with van der Waals surface area (Å²) < 4.78 is 3.19. The Morgan fingerprint density at radius 3 is 2.66 bits per heavy atom. The van der Waals surface area contributed by atoms with Gasteiger partial charge in [0.25, 0.3) is 11.5 Å². The number of rotatable bonds is 7. The second-order valence-corrected chi connectivity index (χ2v) is 8.54. The summed E-state index contributed by atoms with van der Waals surface area (Å²) >= 11 is 0. The van der Waals surface area contributed by atoms with Gasteiger partial charge in [-0.25, -0.2) is 9.50 Å². The summed E-state index contributed by atoms with van der Waals surface area (Å²) in [5.74, 6) is -0.353. The van der Waals surface area contributed by atoms with Gasteiger partial charge in [0.1, 0.15) is 18.2 Å². The summed E-state index contributed by atoms with van der Waals surface area (Å²) in [6.45, 7) is 4.65. The van der Waals surface area contributed by atoms with Gasteiger partial charge in [0.2, 0.25) is 0 Å². The highest BCUT2D eigenvalue weighted by Gasteiger charge is 2.19. The van der Waals surface area contributed by atoms with Crippen molar-refractivity contribution < 1.29 is 4.79 Å². The van der Waals surface area contributed by atoms with Gasteiger partial charge in [-0.1, -0.05) is 42.5 Å². The number of aromatic amines is 1. The first-order chi connectivity index (χ1) is 17.0. The third kappa shape index (κ3) is 4.74. The van der Waals surface area contributed by atoms with Gasteiger partial charge in [-0.3, -0.25) is 14.3 Å². The molecule has 0 unspecified atom stereocenters. The summed E-state index contributed by atoms with van der Waals surface area (Å²) in [7, 11) is 0. The average Bonchev–Trinajstić information content (AvgIpc) is 3.54. The number of amides is 1. The third-order valence-corrected chi connectivity index (χ3v) is 6.14. The highest BCUT2D eigenvalue weighted by atomic mass is 16.2. The zero-order valence-electron chi connectivity index (χ0n) is 19.5. The molecular formula is C26H25N7O2. The molecule has 176 valence electrons. The maximum atomic E-state index is 13.2. The maximum absolute atomic E-state index is 13.2. The largest absolute Gasteiger partial charge is 0.344 e. The molecule has 0 saturated heterocycles. The first-order valence-electron chi connectivity index (χ1n) is 11.4. The molecule has 0 bridgehead atoms. The lowest BCUT2D eigenvalue weighted by Gasteiger charge is -2.18. The van der Waals surface area contributed by atoms with Gasteiger partial charge < -0.3 is 10.3 Å². The van der Waals surface area contributed by atoms with Crippen LogP contribution in [0.5, 0.6) is 0 Å². The minimum atomic E-state index is -0.353. The minimum Gasteiger partial charge on any atom is -0.344 e. The van der Waals surface area contributed by atoms with Gasteiger partial charge in [-0.2, -0.15) is 10.2 Å². The lowest BCUT2D eigenvalue weighted by molar-refractivity contribution is 0.0928. The van der Waals surface area contributed by atoms with Gasteiger partial charge >= 0.3 is 0 Å². The molecule has 5 rings (SSSR count). The standard InChI is InChI=1S/C26H25N7O2/c1-17-8-9-20(12-18(17)2)23-14-33-24(26(35)30-23)13-22(31-33)25(34)29-21(19-6-4-3-5-7-19)10-11-32-16-27-15-28-32/h3-9,12-16,21H,10-11H2,1-2H3,(H,29,34)(H,30,35)/t21-/m1/s1. The van der Waals surface area contributed by atoms with Crippen LogP contribution in [-0.4, -0.2) is 35.3 Å². The summed E-state index contributed by atoms with van der Waals surface area (Å²) in [6.07, 6.45) is 5.48. The van der Waals surface area contributed by atoms with Crippen LogP contribution in [0.1, 0.15) is 39.6 Å². The van der Waals surface area contributed by atoms with Crippen LogP contribution in [0.25, 0.3) is 16.8 Å². The average molecular weight is 468 g/mol. The highest BCUT2D eigenvalue weighted by molar-refractivity contribution is 5.93. The van der Waals surface area contributed by atoms with Gasteiger partial charge in [0.15, 0.2) is 5.69 Å². The maximum Gasteiger partial charge on any atom is 0.274 e. The van der Waals surface area contributed by atoms with Gasteiger partial charge in [0, 0.05) is 12.6 Å². The molecule has 1 amide bonds. The Kier molecular flexibility index (Phi) is 5.97. The number of fused-ring (bicyclic) bond motifs is 1. The van der Waals surface area contributed by atoms with Crippen molar-refractivity contribution in [2.45, 2.75) is 32.9 Å². The molecule has 2 aromatic carbocycles. The SMILES string of the molecule is Cc1ccc(-c2cn3nc(C(=O)N[C@H](CCn4cncn4)c4ccccc4)cc3c(=O)[nH]2)cc1C. The van der Waals surface area contributed by atoms with E-state index in [0.717, 1.165) is 16.7 Å². The zero-order chi connectivity index (χ0) is 24.4. The van der Waals surface area contributed by atoms with Crippen LogP contribution in [0.15, 0.2) is 78.2 Å². The van der Waals surface area contributed by atoms with E-state index in [0.29, 0.717) is 24.2 Å². The van der Waals surface area contributed by atoms with Crippen LogP contribution in [0.3, 0.4) is 0 Å². The van der Waals surface area contributed by atoms with Gasteiger partial charge in [-0.05, 0) is 48.6 Å². The lowest BCUT2D eigenvalue weighted by atomic mass is 10.0. The van der Waals surface area contributed by atoms with Crippen molar-refractivity contribution in [1.82, 2.24) is 34.7 Å². The first kappa shape index (κ1) is 22.3. The molecule has 9 heteroatoms. The predicted octanol–water partition coefficient (Wildman–Crippen LogP) is 3.46. The fourth-order valence-electron chi connectivity index (χ4n) is 4.02. The van der Waals surface area contributed by atoms with Crippen molar-refractivity contribution in [3.8, 4) is 11.3 Å². The monoisotopic (exact) mass is 467 g/mol. The van der Waals surface area contributed by atoms with Crippen LogP contribution >= 0.6 is 0 Å². The molecule has 3 heterocycles. The molecule has 1 atom stereocenters. The van der Waals surface area contributed by atoms with Crippen molar-refractivity contribution in [3.63, 3.8) is 0 Å². The van der Waals surface area contributed by atoms with E-state index >= 15 is 0 Å². The Labute approximate surface area is 201 Å². The predicted molar refractivity (Wildman–Crippen MR) is 132 cm³/mol. The highest BCUT2D eigenvalue weighted by Crippen LogP contribution is 2.21. The van der Waals surface area contributed by atoms with E-state index in [1.165, 1.54) is 22.5 Å². The number of benzene rings is 2. The molecule has 5 aromatic rings. The van der Waals surface area contributed by atoms with Crippen molar-refractivity contribution in [2.75, 3.05) is 0 Å². The Bertz CT molecular complexity index is 1540. The van der Waals surface area contributed by atoms with Crippen molar-refractivity contribution >= 4 is 11.4 Å². The molecule has 0 aliphatic rings. The second kappa shape index (κ2) is 9.38. The number of carbonyl (C=O) groups is 1. The normalized spacial score (nSPS) is 12.1. The Hall–Kier alpha value is -4.53. The number of H-pyrrole nitrogens is 1. The van der Waals surface area contributed by atoms with Crippen molar-refractivity contribution in [1.29, 1.82) is 0 Å². The molecule has 3 aromatic heterocycles. The molecule has 0 spiro atoms. The number of nitrogens with one attached hydrogen (secondary N) is 2. The second-order valence-electron chi connectivity index (χ2n) is 8.54. The number of hydrogen-bond acceptors (Lipinski definition) is 5. The minimum absolute atomic E-state index is 0.175. The fraction of sp³-hybridized carbons (Fsp3) is 0.192. The lowest BCUT2D eigenvalue weighted by Crippen LogP contribution is -2.29. The summed E-state index contributed by atoms with van der Waals surface area (Å²) in [4.78, 5) is 32.8. The summed E-state index contributed by atoms with van der Waals surface area (Å²) in [5.41, 5.74) is 4.96. The molecule has 0 fully saturated rings. The van der Waals surface area contributed by atoms with E-state index in [2.05, 4.69) is 25.5 Å². The molecule has 9 nitrogen and oxygen atoms in total. The Morgan fingerprint density at radius 1 is 1.09 bits per heavy atom. The van der Waals surface area contributed by atoms with E-state index in [1.54, 1.807) is 17.2 Å². The van der Waals surface area contributed by atoms with Gasteiger partial charge in [0.05, 0.1) is 17.9 Å². The van der Waals surface area contributed by atoms with Crippen LogP contribution in [0, 0.1) is 13.8 Å². The number of aryl methyl sites for hydroxylation is 3. The summed E-state index contributed by atoms with van der Waals surface area (Å²) in [6, 6.07) is 17.0. The molecule has 35 heavy (non-hydrogen) atoms. The van der Waals surface area contributed by atoms with Crippen LogP contribution in [0.2, 0.25) is 0 Å². The number of aromatic nitrogens is 6. The van der Waals surface area contributed by atoms with Crippen molar-refractivity contribution in [2.24, 2.45) is 0 Å². The Morgan fingerprint density at radius 2 is 1.91 bits per heavy atom. The summed E-state index contributed by atoms with van der Waals surface area (Å²) in [5, 5.41) is 11.6. The van der Waals surface area contributed by atoms with E-state index in [9.17, 15) is 9.59 Å². The van der Waals surface area contributed by atoms with Gasteiger partial charge in [-0.15, -0.1) is 0 Å². The smallest absolute Gasteiger partial charge is 0.274 e. The Balaban J connectivity index is 1.42. The van der Waals surface area contributed by atoms with Crippen LogP contribution in [0.4, 0.5) is 0 Å². The molecule has 0 radical (unpaired) electrons. The molecular weight excluding hydrogens is 442 g/mol. The quantitative estimate of drug-likeness (QED) is 0.381. The van der Waals surface area contributed by atoms with Crippen LogP contribution in [-0.2, 0) is 6.54 Å². The fourth-order valence-corrected chi connectivity index (χ4v) is 4.02. The number of hydrogen-bond donors (Lipinski definition) is 2. The number of nitrogens with zero attached hydrogens (tertiary/aromatic N) is 5. The molecule has 0 aliphatic heterocycles. The third-order valence-electron chi connectivity index (χ3n) is 6.14. The van der Waals surface area contributed by atoms with Crippen LogP contribution < -0.4 is 10.9 Å². The molecule has 2 N–H and O–H groups in total. The van der Waals surface area contributed by atoms with E-state index in [-0.39, 0.29) is 23.2 Å². The van der Waals surface area contributed by atoms with E-state index < -0.39 is 0 Å². The topological polar surface area (TPSA) is 110 Å². The molecule has 0 saturated carbocycles.